The summed E-state index contributed by atoms with van der Waals surface area (Å²) in [6.45, 7) is 0. The summed E-state index contributed by atoms with van der Waals surface area (Å²) in [5.41, 5.74) is 0. The third-order valence-electron chi connectivity index (χ3n) is 0. The van der Waals surface area contributed by atoms with Gasteiger partial charge in [0.1, 0.15) is 0 Å². The van der Waals surface area contributed by atoms with E-state index in [4.69, 9.17) is 0 Å². The summed E-state index contributed by atoms with van der Waals surface area (Å²) in [5, 5.41) is 0. The van der Waals surface area contributed by atoms with E-state index < -0.39 is 0 Å². The normalized spacial score (nSPS) is 0. The van der Waals surface area contributed by atoms with Gasteiger partial charge in [0.05, 0.1) is 0 Å². The molecule has 0 aromatic heterocycles. The zero-order valence-corrected chi connectivity index (χ0v) is 7.16. The van der Waals surface area contributed by atoms with Gasteiger partial charge < -0.3 is 0 Å². The van der Waals surface area contributed by atoms with E-state index in [2.05, 4.69) is 0 Å². The zero-order valence-electron chi connectivity index (χ0n) is 1.12. The van der Waals surface area contributed by atoms with Gasteiger partial charge in [0.25, 0.3) is 0 Å². The van der Waals surface area contributed by atoms with Crippen molar-refractivity contribution in [1.82, 2.24) is 0 Å². The predicted octanol–water partition coefficient (Wildman–Crippen LogP) is -3.55. The van der Waals surface area contributed by atoms with Gasteiger partial charge in [0, 0.05) is 21.1 Å². The van der Waals surface area contributed by atoms with Crippen LogP contribution in [-0.4, -0.2) is 52.2 Å². The summed E-state index contributed by atoms with van der Waals surface area (Å²) in [6, 6.07) is 0. The third-order valence-corrected chi connectivity index (χ3v) is 0. The molecule has 0 aromatic carbocycles. The quantitative estimate of drug-likeness (QED) is 0.403. The SMILES string of the molecule is [AlH3].[Mo].[SiH4].[SnH2]. The van der Waals surface area contributed by atoms with E-state index in [1.54, 1.807) is 0 Å². The van der Waals surface area contributed by atoms with E-state index in [0.717, 1.165) is 0 Å². The van der Waals surface area contributed by atoms with E-state index in [-0.39, 0.29) is 73.3 Å². The van der Waals surface area contributed by atoms with Crippen LogP contribution in [0.2, 0.25) is 0 Å². The van der Waals surface area contributed by atoms with Gasteiger partial charge in [0.15, 0.2) is 17.4 Å². The summed E-state index contributed by atoms with van der Waals surface area (Å²) < 4.78 is 0. The first-order valence-electron chi connectivity index (χ1n) is 0. The molecule has 0 saturated heterocycles. The maximum atomic E-state index is 0. The van der Waals surface area contributed by atoms with Gasteiger partial charge in [-0.25, -0.2) is 0 Å². The molecule has 0 rings (SSSR count). The van der Waals surface area contributed by atoms with Crippen LogP contribution in [-0.2, 0) is 21.1 Å². The van der Waals surface area contributed by atoms with Gasteiger partial charge in [-0.15, -0.1) is 0 Å². The number of hydrogen-bond donors (Lipinski definition) is 0. The van der Waals surface area contributed by atoms with Gasteiger partial charge in [-0.05, 0) is 11.0 Å². The molecule has 0 heterocycles. The second-order valence-corrected chi connectivity index (χ2v) is 0. The van der Waals surface area contributed by atoms with Crippen LogP contribution in [0.4, 0.5) is 0 Å². The minimum atomic E-state index is 0. The van der Waals surface area contributed by atoms with E-state index in [1.807, 2.05) is 0 Å². The van der Waals surface area contributed by atoms with Crippen molar-refractivity contribution in [1.29, 1.82) is 0 Å². The van der Waals surface area contributed by atoms with Gasteiger partial charge in [0.2, 0.25) is 0 Å². The average Bonchev–Trinajstić information content (AvgIpc) is 0. The predicted molar refractivity (Wildman–Crippen MR) is 29.8 cm³/mol. The standard InChI is InChI=1S/Al.Mo.H4Si.Sn.5H/h;;1H4;;;;;;. The number of hydrogen-bond acceptors (Lipinski definition) is 0. The molecule has 26 valence electrons. The summed E-state index contributed by atoms with van der Waals surface area (Å²) in [6.07, 6.45) is 0. The molecule has 0 fully saturated rings. The van der Waals surface area contributed by atoms with Crippen molar-refractivity contribution < 1.29 is 21.1 Å². The van der Waals surface area contributed by atoms with Crippen molar-refractivity contribution in [2.75, 3.05) is 0 Å². The first-order valence-corrected chi connectivity index (χ1v) is 0. The van der Waals surface area contributed by atoms with Crippen molar-refractivity contribution in [2.45, 2.75) is 0 Å². The van der Waals surface area contributed by atoms with Gasteiger partial charge in [-0.3, -0.25) is 0 Å². The fraction of sp³-hybridized carbons (Fsp3) is 0. The molecular weight excluding hydrogens is 270 g/mol. The van der Waals surface area contributed by atoms with Gasteiger partial charge in [-0.2, -0.15) is 0 Å². The molecule has 4 heteroatoms. The molecule has 0 N–H and O–H groups in total. The molecule has 0 aromatic rings. The van der Waals surface area contributed by atoms with Crippen LogP contribution in [0.5, 0.6) is 0 Å². The van der Waals surface area contributed by atoms with E-state index >= 15 is 0 Å². The summed E-state index contributed by atoms with van der Waals surface area (Å²) in [5.74, 6) is 0. The molecule has 0 aliphatic carbocycles. The second-order valence-electron chi connectivity index (χ2n) is 0. The van der Waals surface area contributed by atoms with Crippen molar-refractivity contribution in [3.8, 4) is 0 Å². The van der Waals surface area contributed by atoms with Crippen LogP contribution in [0.3, 0.4) is 0 Å². The summed E-state index contributed by atoms with van der Waals surface area (Å²) >= 11 is 0. The molecule has 0 atom stereocenters. The first-order chi connectivity index (χ1) is 0. The third kappa shape index (κ3) is 8.87. The molecule has 4 heavy (non-hydrogen) atoms. The maximum absolute atomic E-state index is 0. The van der Waals surface area contributed by atoms with Crippen molar-refractivity contribution in [2.24, 2.45) is 0 Å². The molecule has 0 aliphatic heterocycles. The zero-order chi connectivity index (χ0) is 0. The van der Waals surface area contributed by atoms with Crippen LogP contribution < -0.4 is 0 Å². The van der Waals surface area contributed by atoms with Crippen molar-refractivity contribution in [3.05, 3.63) is 0 Å². The average molecular weight is 279 g/mol. The van der Waals surface area contributed by atoms with E-state index in [9.17, 15) is 0 Å². The Morgan fingerprint density at radius 3 is 1.00 bits per heavy atom. The van der Waals surface area contributed by atoms with Crippen LogP contribution in [0.15, 0.2) is 0 Å². The fourth-order valence-corrected chi connectivity index (χ4v) is 0. The molecule has 0 amide bonds. The Labute approximate surface area is 72.5 Å². The van der Waals surface area contributed by atoms with Gasteiger partial charge in [-0.1, -0.05) is 0 Å². The topological polar surface area (TPSA) is 0 Å². The van der Waals surface area contributed by atoms with Crippen LogP contribution >= 0.6 is 0 Å². The molecular formula is H9AlMoSiSn. The monoisotopic (exact) mass is 282 g/mol. The first kappa shape index (κ1) is 34.2. The Morgan fingerprint density at radius 1 is 1.00 bits per heavy atom. The Balaban J connectivity index is 0. The molecule has 0 unspecified atom stereocenters. The van der Waals surface area contributed by atoms with E-state index in [0.29, 0.717) is 0 Å². The Hall–Kier alpha value is 2.24. The second kappa shape index (κ2) is 18.8. The van der Waals surface area contributed by atoms with Crippen molar-refractivity contribution >= 4 is 52.2 Å². The van der Waals surface area contributed by atoms with E-state index in [1.165, 1.54) is 0 Å². The number of rotatable bonds is 0. The Bertz CT molecular complexity index is 8.00. The molecule has 2 radical (unpaired) electrons. The Morgan fingerprint density at radius 2 is 1.00 bits per heavy atom. The fourth-order valence-electron chi connectivity index (χ4n) is 0. The molecule has 0 saturated carbocycles. The Kier molecular flexibility index (Phi) is 161. The van der Waals surface area contributed by atoms with Crippen LogP contribution in [0.1, 0.15) is 0 Å². The molecule has 0 bridgehead atoms. The van der Waals surface area contributed by atoms with Crippen molar-refractivity contribution in [3.63, 3.8) is 0 Å². The van der Waals surface area contributed by atoms with Gasteiger partial charge >= 0.3 is 23.9 Å². The van der Waals surface area contributed by atoms with Crippen LogP contribution in [0.25, 0.3) is 0 Å². The molecule has 0 spiro atoms. The van der Waals surface area contributed by atoms with Crippen LogP contribution in [0, 0.1) is 0 Å². The summed E-state index contributed by atoms with van der Waals surface area (Å²) in [4.78, 5) is 0. The molecule has 0 nitrogen and oxygen atoms in total. The summed E-state index contributed by atoms with van der Waals surface area (Å²) in [7, 11) is 0. The molecule has 0 aliphatic rings. The minimum absolute atomic E-state index is 0.